The van der Waals surface area contributed by atoms with Gasteiger partial charge in [-0.05, 0) is 44.4 Å². The van der Waals surface area contributed by atoms with Crippen LogP contribution < -0.4 is 0 Å². The first-order valence-electron chi connectivity index (χ1n) is 5.58. The topological polar surface area (TPSA) is 26.3 Å². The van der Waals surface area contributed by atoms with Gasteiger partial charge < -0.3 is 4.74 Å². The third-order valence-corrected chi connectivity index (χ3v) is 3.19. The highest BCUT2D eigenvalue weighted by Crippen LogP contribution is 2.30. The monoisotopic (exact) mass is 240 g/mol. The van der Waals surface area contributed by atoms with E-state index in [-0.39, 0.29) is 11.1 Å². The Labute approximate surface area is 98.6 Å². The minimum Gasteiger partial charge on any atom is -0.367 e. The Morgan fingerprint density at radius 3 is 2.65 bits per heavy atom. The molecular formula is C13H14F2O2. The van der Waals surface area contributed by atoms with Gasteiger partial charge in [-0.25, -0.2) is 8.78 Å². The van der Waals surface area contributed by atoms with E-state index in [2.05, 4.69) is 0 Å². The van der Waals surface area contributed by atoms with E-state index >= 15 is 0 Å². The number of hydrogen-bond donors (Lipinski definition) is 0. The highest BCUT2D eigenvalue weighted by molar-refractivity contribution is 6.02. The Balaban J connectivity index is 2.40. The minimum absolute atomic E-state index is 0.191. The number of ether oxygens (including phenoxy) is 1. The molecule has 0 radical (unpaired) electrons. The Kier molecular flexibility index (Phi) is 3.00. The molecule has 17 heavy (non-hydrogen) atoms. The van der Waals surface area contributed by atoms with Gasteiger partial charge in [0, 0.05) is 6.61 Å². The van der Waals surface area contributed by atoms with Crippen LogP contribution in [-0.2, 0) is 4.74 Å². The molecule has 0 bridgehead atoms. The molecule has 1 heterocycles. The summed E-state index contributed by atoms with van der Waals surface area (Å²) < 4.78 is 32.4. The molecule has 2 rings (SSSR count). The van der Waals surface area contributed by atoms with E-state index in [4.69, 9.17) is 4.74 Å². The van der Waals surface area contributed by atoms with Gasteiger partial charge in [-0.2, -0.15) is 0 Å². The molecule has 0 aromatic heterocycles. The molecule has 1 aromatic carbocycles. The maximum Gasteiger partial charge on any atom is 0.197 e. The van der Waals surface area contributed by atoms with E-state index in [1.54, 1.807) is 6.92 Å². The lowest BCUT2D eigenvalue weighted by Crippen LogP contribution is -2.35. The lowest BCUT2D eigenvalue weighted by molar-refractivity contribution is 0.0209. The predicted molar refractivity (Wildman–Crippen MR) is 59.0 cm³/mol. The van der Waals surface area contributed by atoms with Crippen molar-refractivity contribution in [1.82, 2.24) is 0 Å². The molecule has 2 nitrogen and oxygen atoms in total. The van der Waals surface area contributed by atoms with Crippen LogP contribution in [0.1, 0.15) is 35.7 Å². The summed E-state index contributed by atoms with van der Waals surface area (Å²) in [5, 5.41) is 0. The molecular weight excluding hydrogens is 226 g/mol. The highest BCUT2D eigenvalue weighted by Gasteiger charge is 2.39. The van der Waals surface area contributed by atoms with Gasteiger partial charge in [0.1, 0.15) is 17.2 Å². The molecule has 1 aliphatic heterocycles. The quantitative estimate of drug-likeness (QED) is 0.743. The summed E-state index contributed by atoms with van der Waals surface area (Å²) >= 11 is 0. The van der Waals surface area contributed by atoms with Crippen molar-refractivity contribution in [3.8, 4) is 0 Å². The molecule has 0 aliphatic carbocycles. The predicted octanol–water partition coefficient (Wildman–Crippen LogP) is 3.03. The molecule has 4 heteroatoms. The fourth-order valence-corrected chi connectivity index (χ4v) is 2.06. The van der Waals surface area contributed by atoms with Gasteiger partial charge in [-0.15, -0.1) is 0 Å². The zero-order valence-corrected chi connectivity index (χ0v) is 9.85. The van der Waals surface area contributed by atoms with Gasteiger partial charge in [0.05, 0.1) is 5.56 Å². The van der Waals surface area contributed by atoms with E-state index in [1.165, 1.54) is 6.92 Å². The van der Waals surface area contributed by atoms with Crippen molar-refractivity contribution in [2.75, 3.05) is 6.61 Å². The van der Waals surface area contributed by atoms with E-state index in [1.807, 2.05) is 0 Å². The van der Waals surface area contributed by atoms with Gasteiger partial charge in [-0.3, -0.25) is 4.79 Å². The average Bonchev–Trinajstić information content (AvgIpc) is 2.71. The zero-order valence-electron chi connectivity index (χ0n) is 9.85. The molecule has 92 valence electrons. The minimum atomic E-state index is -1.01. The molecule has 1 aromatic rings. The first-order chi connectivity index (χ1) is 7.94. The van der Waals surface area contributed by atoms with Crippen molar-refractivity contribution in [3.63, 3.8) is 0 Å². The van der Waals surface area contributed by atoms with Crippen molar-refractivity contribution in [2.45, 2.75) is 32.3 Å². The second-order valence-electron chi connectivity index (χ2n) is 4.59. The summed E-state index contributed by atoms with van der Waals surface area (Å²) in [4.78, 5) is 12.1. The molecule has 0 amide bonds. The van der Waals surface area contributed by atoms with Crippen LogP contribution in [0.2, 0.25) is 0 Å². The number of Topliss-reactive ketones (excluding diaryl/α,β-unsaturated/α-hetero) is 1. The van der Waals surface area contributed by atoms with Crippen LogP contribution >= 0.6 is 0 Å². The largest absolute Gasteiger partial charge is 0.367 e. The van der Waals surface area contributed by atoms with Crippen molar-refractivity contribution in [1.29, 1.82) is 0 Å². The fraction of sp³-hybridized carbons (Fsp3) is 0.462. The van der Waals surface area contributed by atoms with Gasteiger partial charge in [0.2, 0.25) is 0 Å². The highest BCUT2D eigenvalue weighted by atomic mass is 19.1. The molecule has 1 saturated heterocycles. The first kappa shape index (κ1) is 12.2. The van der Waals surface area contributed by atoms with Gasteiger partial charge in [-0.1, -0.05) is 0 Å². The SMILES string of the molecule is Cc1cc(F)c(C(=O)C2(C)CCCO2)cc1F. The maximum absolute atomic E-state index is 13.7. The number of benzene rings is 1. The summed E-state index contributed by atoms with van der Waals surface area (Å²) in [7, 11) is 0. The third-order valence-electron chi connectivity index (χ3n) is 3.19. The van der Waals surface area contributed by atoms with Gasteiger partial charge in [0.15, 0.2) is 5.78 Å². The fourth-order valence-electron chi connectivity index (χ4n) is 2.06. The van der Waals surface area contributed by atoms with Gasteiger partial charge in [0.25, 0.3) is 0 Å². The zero-order chi connectivity index (χ0) is 12.6. The summed E-state index contributed by atoms with van der Waals surface area (Å²) in [5.41, 5.74) is -1.04. The van der Waals surface area contributed by atoms with Crippen molar-refractivity contribution in [2.24, 2.45) is 0 Å². The Morgan fingerprint density at radius 2 is 2.06 bits per heavy atom. The smallest absolute Gasteiger partial charge is 0.197 e. The number of halogens is 2. The van der Waals surface area contributed by atoms with Crippen LogP contribution in [0.3, 0.4) is 0 Å². The van der Waals surface area contributed by atoms with Crippen LogP contribution in [-0.4, -0.2) is 18.0 Å². The van der Waals surface area contributed by atoms with Crippen molar-refractivity contribution >= 4 is 5.78 Å². The Hall–Kier alpha value is -1.29. The van der Waals surface area contributed by atoms with E-state index < -0.39 is 23.0 Å². The molecule has 0 N–H and O–H groups in total. The van der Waals surface area contributed by atoms with E-state index in [9.17, 15) is 13.6 Å². The van der Waals surface area contributed by atoms with Crippen LogP contribution in [0.5, 0.6) is 0 Å². The third kappa shape index (κ3) is 2.09. The number of hydrogen-bond acceptors (Lipinski definition) is 2. The lowest BCUT2D eigenvalue weighted by Gasteiger charge is -2.21. The summed E-state index contributed by atoms with van der Waals surface area (Å²) in [6, 6.07) is 2.00. The molecule has 0 saturated carbocycles. The number of ketones is 1. The van der Waals surface area contributed by atoms with Crippen LogP contribution in [0.25, 0.3) is 0 Å². The molecule has 0 spiro atoms. The Bertz CT molecular complexity index is 463. The Morgan fingerprint density at radius 1 is 1.35 bits per heavy atom. The second-order valence-corrected chi connectivity index (χ2v) is 4.59. The average molecular weight is 240 g/mol. The molecule has 1 aliphatic rings. The molecule has 1 atom stereocenters. The number of rotatable bonds is 2. The number of carbonyl (C=O) groups excluding carboxylic acids is 1. The summed E-state index contributed by atoms with van der Waals surface area (Å²) in [6.07, 6.45) is 1.30. The second kappa shape index (κ2) is 4.18. The van der Waals surface area contributed by atoms with Crippen LogP contribution in [0.15, 0.2) is 12.1 Å². The van der Waals surface area contributed by atoms with E-state index in [0.29, 0.717) is 13.0 Å². The number of carbonyl (C=O) groups is 1. The molecule has 1 fully saturated rings. The standard InChI is InChI=1S/C13H14F2O2/c1-8-6-11(15)9(7-10(8)14)12(16)13(2)4-3-5-17-13/h6-7H,3-5H2,1-2H3. The lowest BCUT2D eigenvalue weighted by atomic mass is 9.91. The summed E-state index contributed by atoms with van der Waals surface area (Å²) in [6.45, 7) is 3.57. The maximum atomic E-state index is 13.7. The normalized spacial score (nSPS) is 24.0. The van der Waals surface area contributed by atoms with Crippen molar-refractivity contribution in [3.05, 3.63) is 34.9 Å². The van der Waals surface area contributed by atoms with Crippen LogP contribution in [0.4, 0.5) is 8.78 Å². The number of aryl methyl sites for hydroxylation is 1. The van der Waals surface area contributed by atoms with Gasteiger partial charge >= 0.3 is 0 Å². The van der Waals surface area contributed by atoms with Crippen molar-refractivity contribution < 1.29 is 18.3 Å². The van der Waals surface area contributed by atoms with E-state index in [0.717, 1.165) is 18.6 Å². The first-order valence-corrected chi connectivity index (χ1v) is 5.58. The summed E-state index contributed by atoms with van der Waals surface area (Å²) in [5.74, 6) is -1.74. The van der Waals surface area contributed by atoms with Crippen LogP contribution in [0, 0.1) is 18.6 Å². The molecule has 1 unspecified atom stereocenters.